The number of fused-ring (bicyclic) bond motifs is 1. The Morgan fingerprint density at radius 1 is 1.17 bits per heavy atom. The highest BCUT2D eigenvalue weighted by molar-refractivity contribution is 7.09. The molecular weight excluding hydrogens is 315 g/mol. The van der Waals surface area contributed by atoms with Crippen molar-refractivity contribution < 1.29 is 14.0 Å². The van der Waals surface area contributed by atoms with E-state index in [2.05, 4.69) is 4.98 Å². The molecule has 23 heavy (non-hydrogen) atoms. The van der Waals surface area contributed by atoms with Gasteiger partial charge >= 0.3 is 0 Å². The van der Waals surface area contributed by atoms with Gasteiger partial charge < -0.3 is 0 Å². The normalized spacial score (nSPS) is 18.0. The van der Waals surface area contributed by atoms with Crippen LogP contribution in [0.2, 0.25) is 0 Å². The minimum atomic E-state index is -0.510. The number of carbonyl (C=O) groups excluding carboxylic acids is 2. The van der Waals surface area contributed by atoms with Gasteiger partial charge in [0.05, 0.1) is 28.4 Å². The number of hydrogen-bond acceptors (Lipinski definition) is 4. The molecule has 0 radical (unpaired) electrons. The summed E-state index contributed by atoms with van der Waals surface area (Å²) in [5.41, 5.74) is 1.13. The molecule has 0 bridgehead atoms. The number of nitrogens with zero attached hydrogens (tertiary/aromatic N) is 2. The number of carbonyl (C=O) groups is 2. The molecule has 1 aromatic carbocycles. The second-order valence-corrected chi connectivity index (χ2v) is 6.93. The van der Waals surface area contributed by atoms with Crippen LogP contribution in [0.4, 0.5) is 4.39 Å². The van der Waals surface area contributed by atoms with E-state index in [1.54, 1.807) is 11.3 Å². The standard InChI is InChI=1S/C17H15FN2O2S/c18-11-5-6-13-14(7-11)17(22)20(16(13)21)8-12-9-23-15(19-12)10-3-1-2-4-10/h5-7,9-10H,1-4,8H2. The zero-order valence-electron chi connectivity index (χ0n) is 12.4. The van der Waals surface area contributed by atoms with Crippen LogP contribution in [0.3, 0.4) is 0 Å². The molecule has 1 aromatic heterocycles. The first kappa shape index (κ1) is 14.5. The maximum Gasteiger partial charge on any atom is 0.262 e. The first-order valence-electron chi connectivity index (χ1n) is 7.73. The van der Waals surface area contributed by atoms with E-state index in [0.717, 1.165) is 21.7 Å². The van der Waals surface area contributed by atoms with E-state index in [0.29, 0.717) is 5.92 Å². The fraction of sp³-hybridized carbons (Fsp3) is 0.353. The van der Waals surface area contributed by atoms with Gasteiger partial charge in [0.15, 0.2) is 0 Å². The number of aromatic nitrogens is 1. The van der Waals surface area contributed by atoms with Gasteiger partial charge in [0.1, 0.15) is 5.82 Å². The van der Waals surface area contributed by atoms with E-state index in [-0.39, 0.29) is 23.6 Å². The first-order valence-corrected chi connectivity index (χ1v) is 8.61. The Labute approximate surface area is 137 Å². The monoisotopic (exact) mass is 330 g/mol. The zero-order chi connectivity index (χ0) is 16.0. The summed E-state index contributed by atoms with van der Waals surface area (Å²) in [4.78, 5) is 30.4. The van der Waals surface area contributed by atoms with Crippen molar-refractivity contribution >= 4 is 23.2 Å². The lowest BCUT2D eigenvalue weighted by Gasteiger charge is -2.11. The highest BCUT2D eigenvalue weighted by atomic mass is 32.1. The van der Waals surface area contributed by atoms with Gasteiger partial charge in [0, 0.05) is 11.3 Å². The smallest absolute Gasteiger partial charge is 0.262 e. The molecular formula is C17H15FN2O2S. The molecule has 118 valence electrons. The van der Waals surface area contributed by atoms with Crippen LogP contribution in [-0.4, -0.2) is 21.7 Å². The van der Waals surface area contributed by atoms with E-state index in [9.17, 15) is 14.0 Å². The minimum Gasteiger partial charge on any atom is -0.269 e. The van der Waals surface area contributed by atoms with E-state index in [1.165, 1.54) is 37.8 Å². The summed E-state index contributed by atoms with van der Waals surface area (Å²) in [6.45, 7) is 0.150. The van der Waals surface area contributed by atoms with Crippen LogP contribution < -0.4 is 0 Å². The summed E-state index contributed by atoms with van der Waals surface area (Å²) in [6, 6.07) is 3.70. The van der Waals surface area contributed by atoms with Gasteiger partial charge in [-0.1, -0.05) is 12.8 Å². The van der Waals surface area contributed by atoms with Crippen molar-refractivity contribution in [3.63, 3.8) is 0 Å². The Kier molecular flexibility index (Phi) is 3.49. The van der Waals surface area contributed by atoms with Crippen molar-refractivity contribution in [3.05, 3.63) is 51.2 Å². The predicted molar refractivity (Wildman–Crippen MR) is 83.9 cm³/mol. The van der Waals surface area contributed by atoms with Crippen LogP contribution in [0.5, 0.6) is 0 Å². The number of rotatable bonds is 3. The van der Waals surface area contributed by atoms with Gasteiger partial charge in [-0.15, -0.1) is 11.3 Å². The molecule has 0 N–H and O–H groups in total. The Morgan fingerprint density at radius 2 is 1.91 bits per heavy atom. The van der Waals surface area contributed by atoms with Gasteiger partial charge in [-0.25, -0.2) is 9.37 Å². The van der Waals surface area contributed by atoms with Crippen molar-refractivity contribution in [2.75, 3.05) is 0 Å². The molecule has 2 aliphatic rings. The van der Waals surface area contributed by atoms with Crippen LogP contribution >= 0.6 is 11.3 Å². The Hall–Kier alpha value is -2.08. The van der Waals surface area contributed by atoms with E-state index < -0.39 is 11.7 Å². The molecule has 0 spiro atoms. The summed E-state index contributed by atoms with van der Waals surface area (Å²) < 4.78 is 13.3. The Balaban J connectivity index is 1.56. The van der Waals surface area contributed by atoms with Gasteiger partial charge in [0.2, 0.25) is 0 Å². The van der Waals surface area contributed by atoms with Crippen molar-refractivity contribution in [1.82, 2.24) is 9.88 Å². The topological polar surface area (TPSA) is 50.3 Å². The highest BCUT2D eigenvalue weighted by Crippen LogP contribution is 2.36. The Bertz CT molecular complexity index is 796. The maximum atomic E-state index is 13.3. The van der Waals surface area contributed by atoms with E-state index in [1.807, 2.05) is 5.38 Å². The van der Waals surface area contributed by atoms with Crippen molar-refractivity contribution in [2.24, 2.45) is 0 Å². The predicted octanol–water partition coefficient (Wildman–Crippen LogP) is 3.74. The second-order valence-electron chi connectivity index (χ2n) is 6.04. The average molecular weight is 330 g/mol. The third-order valence-corrected chi connectivity index (χ3v) is 5.58. The second kappa shape index (κ2) is 5.53. The quantitative estimate of drug-likeness (QED) is 0.806. The lowest BCUT2D eigenvalue weighted by molar-refractivity contribution is 0.0640. The van der Waals surface area contributed by atoms with Crippen LogP contribution in [0.15, 0.2) is 23.6 Å². The molecule has 2 heterocycles. The molecule has 0 unspecified atom stereocenters. The van der Waals surface area contributed by atoms with Gasteiger partial charge in [0.25, 0.3) is 11.8 Å². The minimum absolute atomic E-state index is 0.140. The molecule has 0 saturated heterocycles. The lowest BCUT2D eigenvalue weighted by Crippen LogP contribution is -2.29. The lowest BCUT2D eigenvalue weighted by atomic mass is 10.1. The van der Waals surface area contributed by atoms with Crippen LogP contribution in [0.1, 0.15) is 63.0 Å². The fourth-order valence-corrected chi connectivity index (χ4v) is 4.31. The van der Waals surface area contributed by atoms with Crippen LogP contribution in [0.25, 0.3) is 0 Å². The maximum absolute atomic E-state index is 13.3. The third-order valence-electron chi connectivity index (χ3n) is 4.53. The van der Waals surface area contributed by atoms with Crippen molar-refractivity contribution in [3.8, 4) is 0 Å². The summed E-state index contributed by atoms with van der Waals surface area (Å²) in [5.74, 6) is -0.811. The largest absolute Gasteiger partial charge is 0.269 e. The SMILES string of the molecule is O=C1c2ccc(F)cc2C(=O)N1Cc1csc(C2CCCC2)n1. The van der Waals surface area contributed by atoms with E-state index in [4.69, 9.17) is 0 Å². The summed E-state index contributed by atoms with van der Waals surface area (Å²) >= 11 is 1.60. The summed E-state index contributed by atoms with van der Waals surface area (Å²) in [7, 11) is 0. The molecule has 6 heteroatoms. The molecule has 1 aliphatic carbocycles. The number of imide groups is 1. The van der Waals surface area contributed by atoms with Crippen molar-refractivity contribution in [2.45, 2.75) is 38.1 Å². The van der Waals surface area contributed by atoms with Gasteiger partial charge in [-0.05, 0) is 31.0 Å². The number of halogens is 1. The molecule has 0 atom stereocenters. The van der Waals surface area contributed by atoms with Crippen molar-refractivity contribution in [1.29, 1.82) is 0 Å². The number of amides is 2. The molecule has 1 aliphatic heterocycles. The fourth-order valence-electron chi connectivity index (χ4n) is 3.32. The number of hydrogen-bond donors (Lipinski definition) is 0. The average Bonchev–Trinajstić information content (AvgIpc) is 3.25. The van der Waals surface area contributed by atoms with Gasteiger partial charge in [-0.3, -0.25) is 14.5 Å². The van der Waals surface area contributed by atoms with Crippen LogP contribution in [-0.2, 0) is 6.54 Å². The molecule has 4 rings (SSSR count). The highest BCUT2D eigenvalue weighted by Gasteiger charge is 2.36. The first-order chi connectivity index (χ1) is 11.1. The zero-order valence-corrected chi connectivity index (χ0v) is 13.2. The summed E-state index contributed by atoms with van der Waals surface area (Å²) in [5, 5.41) is 3.01. The third kappa shape index (κ3) is 2.47. The molecule has 4 nitrogen and oxygen atoms in total. The number of thiazole rings is 1. The van der Waals surface area contributed by atoms with E-state index >= 15 is 0 Å². The molecule has 1 fully saturated rings. The van der Waals surface area contributed by atoms with Crippen LogP contribution in [0, 0.1) is 5.82 Å². The summed E-state index contributed by atoms with van der Waals surface area (Å²) in [6.07, 6.45) is 4.81. The number of benzene rings is 1. The van der Waals surface area contributed by atoms with Gasteiger partial charge in [-0.2, -0.15) is 0 Å². The molecule has 2 aromatic rings. The Morgan fingerprint density at radius 3 is 2.70 bits per heavy atom. The molecule has 2 amide bonds. The molecule has 1 saturated carbocycles.